The van der Waals surface area contributed by atoms with Gasteiger partial charge in [-0.25, -0.2) is 4.98 Å². The van der Waals surface area contributed by atoms with Crippen molar-refractivity contribution in [2.75, 3.05) is 0 Å². The Morgan fingerprint density at radius 1 is 1.00 bits per heavy atom. The van der Waals surface area contributed by atoms with E-state index < -0.39 is 0 Å². The number of aromatic nitrogens is 3. The first-order chi connectivity index (χ1) is 11.6. The molecule has 0 aliphatic heterocycles. The Kier molecular flexibility index (Phi) is 4.09. The summed E-state index contributed by atoms with van der Waals surface area (Å²) in [7, 11) is 0. The normalized spacial score (nSPS) is 10.2. The fourth-order valence-corrected chi connectivity index (χ4v) is 2.74. The van der Waals surface area contributed by atoms with Gasteiger partial charge in [0.25, 0.3) is 0 Å². The molecule has 0 radical (unpaired) electrons. The summed E-state index contributed by atoms with van der Waals surface area (Å²) in [5, 5.41) is 22.4. The van der Waals surface area contributed by atoms with Crippen LogP contribution in [-0.2, 0) is 6.54 Å². The van der Waals surface area contributed by atoms with Crippen LogP contribution in [0.15, 0.2) is 42.6 Å². The molecule has 116 valence electrons. The highest BCUT2D eigenvalue weighted by molar-refractivity contribution is 5.69. The number of nitriles is 2. The van der Waals surface area contributed by atoms with Gasteiger partial charge in [-0.15, -0.1) is 0 Å². The average molecular weight is 313 g/mol. The molecule has 0 bridgehead atoms. The van der Waals surface area contributed by atoms with Gasteiger partial charge in [-0.3, -0.25) is 4.68 Å². The van der Waals surface area contributed by atoms with Gasteiger partial charge in [0, 0.05) is 17.5 Å². The summed E-state index contributed by atoms with van der Waals surface area (Å²) in [6.07, 6.45) is 1.70. The highest BCUT2D eigenvalue weighted by atomic mass is 15.3. The number of rotatable bonds is 3. The Bertz CT molecular complexity index is 951. The van der Waals surface area contributed by atoms with Crippen LogP contribution in [0.5, 0.6) is 0 Å². The third-order valence-corrected chi connectivity index (χ3v) is 3.96. The second kappa shape index (κ2) is 6.36. The van der Waals surface area contributed by atoms with Crippen LogP contribution in [0.25, 0.3) is 11.1 Å². The van der Waals surface area contributed by atoms with Crippen molar-refractivity contribution >= 4 is 0 Å². The molecule has 0 spiro atoms. The predicted octanol–water partition coefficient (Wildman–Crippen LogP) is 3.35. The lowest BCUT2D eigenvalue weighted by Gasteiger charge is -2.06. The van der Waals surface area contributed by atoms with Gasteiger partial charge in [-0.05, 0) is 43.2 Å². The first-order valence-corrected chi connectivity index (χ1v) is 7.52. The van der Waals surface area contributed by atoms with E-state index in [4.69, 9.17) is 10.5 Å². The molecule has 1 aromatic carbocycles. The van der Waals surface area contributed by atoms with Crippen LogP contribution in [0, 0.1) is 36.5 Å². The fraction of sp³-hybridized carbons (Fsp3) is 0.158. The molecule has 0 saturated carbocycles. The molecule has 0 aliphatic carbocycles. The van der Waals surface area contributed by atoms with E-state index in [1.807, 2.05) is 54.9 Å². The van der Waals surface area contributed by atoms with Gasteiger partial charge in [0.15, 0.2) is 0 Å². The SMILES string of the molecule is Cc1nn(Cc2ccc(C#N)nc2)c(C)c1-c1ccc(C#N)cc1. The van der Waals surface area contributed by atoms with Gasteiger partial charge in [-0.2, -0.15) is 15.6 Å². The maximum absolute atomic E-state index is 8.92. The minimum absolute atomic E-state index is 0.408. The van der Waals surface area contributed by atoms with Crippen LogP contribution in [0.3, 0.4) is 0 Å². The number of hydrogen-bond acceptors (Lipinski definition) is 4. The van der Waals surface area contributed by atoms with Crippen molar-refractivity contribution in [1.29, 1.82) is 10.5 Å². The third kappa shape index (κ3) is 2.88. The average Bonchev–Trinajstić information content (AvgIpc) is 2.89. The zero-order valence-electron chi connectivity index (χ0n) is 13.5. The van der Waals surface area contributed by atoms with Crippen molar-refractivity contribution in [3.8, 4) is 23.3 Å². The Labute approximate surface area is 140 Å². The standard InChI is InChI=1S/C19H15N5/c1-13-19(17-6-3-15(9-20)4-7-17)14(2)24(23-13)12-16-5-8-18(10-21)22-11-16/h3-8,11H,12H2,1-2H3. The molecule has 0 amide bonds. The molecule has 2 aromatic heterocycles. The van der Waals surface area contributed by atoms with Crippen molar-refractivity contribution in [2.24, 2.45) is 0 Å². The number of hydrogen-bond donors (Lipinski definition) is 0. The highest BCUT2D eigenvalue weighted by Crippen LogP contribution is 2.27. The summed E-state index contributed by atoms with van der Waals surface area (Å²) < 4.78 is 1.94. The molecule has 5 nitrogen and oxygen atoms in total. The summed E-state index contributed by atoms with van der Waals surface area (Å²) in [6.45, 7) is 4.61. The van der Waals surface area contributed by atoms with Gasteiger partial charge < -0.3 is 0 Å². The van der Waals surface area contributed by atoms with Crippen LogP contribution < -0.4 is 0 Å². The fourth-order valence-electron chi connectivity index (χ4n) is 2.74. The van der Waals surface area contributed by atoms with E-state index in [2.05, 4.69) is 16.2 Å². The molecule has 0 fully saturated rings. The van der Waals surface area contributed by atoms with Gasteiger partial charge in [0.1, 0.15) is 11.8 Å². The predicted molar refractivity (Wildman–Crippen MR) is 89.9 cm³/mol. The number of nitrogens with zero attached hydrogens (tertiary/aromatic N) is 5. The largest absolute Gasteiger partial charge is 0.264 e. The molecular formula is C19H15N5. The zero-order chi connectivity index (χ0) is 17.1. The molecule has 2 heterocycles. The molecule has 0 saturated heterocycles. The molecule has 3 rings (SSSR count). The number of aryl methyl sites for hydroxylation is 1. The van der Waals surface area contributed by atoms with E-state index in [1.165, 1.54) is 0 Å². The maximum Gasteiger partial charge on any atom is 0.140 e. The second-order valence-corrected chi connectivity index (χ2v) is 5.56. The summed E-state index contributed by atoms with van der Waals surface area (Å²) in [5.41, 5.74) is 6.18. The Morgan fingerprint density at radius 2 is 1.75 bits per heavy atom. The van der Waals surface area contributed by atoms with Crippen LogP contribution in [-0.4, -0.2) is 14.8 Å². The molecular weight excluding hydrogens is 298 g/mol. The Hall–Kier alpha value is -3.44. The highest BCUT2D eigenvalue weighted by Gasteiger charge is 2.13. The molecule has 0 atom stereocenters. The van der Waals surface area contributed by atoms with Gasteiger partial charge >= 0.3 is 0 Å². The lowest BCUT2D eigenvalue weighted by atomic mass is 10.0. The van der Waals surface area contributed by atoms with E-state index in [1.54, 1.807) is 12.3 Å². The summed E-state index contributed by atoms with van der Waals surface area (Å²) in [5.74, 6) is 0. The van der Waals surface area contributed by atoms with Crippen molar-refractivity contribution in [3.63, 3.8) is 0 Å². The lowest BCUT2D eigenvalue weighted by molar-refractivity contribution is 0.657. The van der Waals surface area contributed by atoms with Gasteiger partial charge in [0.2, 0.25) is 0 Å². The first-order valence-electron chi connectivity index (χ1n) is 7.52. The van der Waals surface area contributed by atoms with E-state index >= 15 is 0 Å². The zero-order valence-corrected chi connectivity index (χ0v) is 13.5. The third-order valence-electron chi connectivity index (χ3n) is 3.96. The number of pyridine rings is 1. The van der Waals surface area contributed by atoms with E-state index in [-0.39, 0.29) is 0 Å². The Balaban J connectivity index is 1.93. The smallest absolute Gasteiger partial charge is 0.140 e. The maximum atomic E-state index is 8.92. The van der Waals surface area contributed by atoms with E-state index in [0.29, 0.717) is 17.8 Å². The van der Waals surface area contributed by atoms with E-state index in [9.17, 15) is 0 Å². The van der Waals surface area contributed by atoms with Crippen LogP contribution in [0.4, 0.5) is 0 Å². The summed E-state index contributed by atoms with van der Waals surface area (Å²) >= 11 is 0. The van der Waals surface area contributed by atoms with Crippen molar-refractivity contribution < 1.29 is 0 Å². The first kappa shape index (κ1) is 15.5. The quantitative estimate of drug-likeness (QED) is 0.742. The topological polar surface area (TPSA) is 78.3 Å². The van der Waals surface area contributed by atoms with Crippen LogP contribution in [0.2, 0.25) is 0 Å². The molecule has 0 aliphatic rings. The second-order valence-electron chi connectivity index (χ2n) is 5.56. The van der Waals surface area contributed by atoms with Crippen LogP contribution >= 0.6 is 0 Å². The lowest BCUT2D eigenvalue weighted by Crippen LogP contribution is -2.04. The molecule has 3 aromatic rings. The van der Waals surface area contributed by atoms with Crippen molar-refractivity contribution in [1.82, 2.24) is 14.8 Å². The number of benzene rings is 1. The van der Waals surface area contributed by atoms with Crippen molar-refractivity contribution in [2.45, 2.75) is 20.4 Å². The van der Waals surface area contributed by atoms with Crippen LogP contribution in [0.1, 0.15) is 28.2 Å². The summed E-state index contributed by atoms with van der Waals surface area (Å²) in [4.78, 5) is 4.10. The molecule has 5 heteroatoms. The molecule has 0 unspecified atom stereocenters. The molecule has 24 heavy (non-hydrogen) atoms. The van der Waals surface area contributed by atoms with E-state index in [0.717, 1.165) is 28.1 Å². The summed E-state index contributed by atoms with van der Waals surface area (Å²) in [6, 6.07) is 15.3. The molecule has 0 N–H and O–H groups in total. The minimum atomic E-state index is 0.408. The van der Waals surface area contributed by atoms with Gasteiger partial charge in [0.05, 0.1) is 23.9 Å². The van der Waals surface area contributed by atoms with Crippen molar-refractivity contribution in [3.05, 3.63) is 70.8 Å². The van der Waals surface area contributed by atoms with Gasteiger partial charge in [-0.1, -0.05) is 18.2 Å². The minimum Gasteiger partial charge on any atom is -0.264 e. The monoisotopic (exact) mass is 313 g/mol. The Morgan fingerprint density at radius 3 is 2.33 bits per heavy atom.